The first-order chi connectivity index (χ1) is 13.8. The van der Waals surface area contributed by atoms with E-state index in [0.29, 0.717) is 20.5 Å². The van der Waals surface area contributed by atoms with Gasteiger partial charge >= 0.3 is 5.97 Å². The van der Waals surface area contributed by atoms with Crippen LogP contribution in [0.1, 0.15) is 22.3 Å². The van der Waals surface area contributed by atoms with Crippen molar-refractivity contribution in [3.63, 3.8) is 0 Å². The fourth-order valence-electron chi connectivity index (χ4n) is 2.54. The van der Waals surface area contributed by atoms with Crippen molar-refractivity contribution in [1.82, 2.24) is 4.90 Å². The van der Waals surface area contributed by atoms with E-state index in [-0.39, 0.29) is 36.2 Å². The second-order valence-electron chi connectivity index (χ2n) is 6.07. The first-order valence-electron chi connectivity index (χ1n) is 8.47. The van der Waals surface area contributed by atoms with Crippen LogP contribution in [0.2, 0.25) is 0 Å². The Morgan fingerprint density at radius 1 is 1.14 bits per heavy atom. The predicted molar refractivity (Wildman–Crippen MR) is 113 cm³/mol. The molecule has 9 heteroatoms. The van der Waals surface area contributed by atoms with Gasteiger partial charge in [-0.3, -0.25) is 14.5 Å². The molecule has 1 fully saturated rings. The molecule has 148 valence electrons. The molecule has 1 saturated heterocycles. The number of amides is 2. The fourth-order valence-corrected chi connectivity index (χ4v) is 3.84. The number of halogens is 1. The van der Waals surface area contributed by atoms with E-state index in [9.17, 15) is 18.8 Å². The number of nitrogens with zero attached hydrogens (tertiary/aromatic N) is 1. The van der Waals surface area contributed by atoms with Crippen LogP contribution in [0, 0.1) is 5.82 Å². The van der Waals surface area contributed by atoms with Crippen molar-refractivity contribution in [3.05, 3.63) is 70.4 Å². The minimum Gasteiger partial charge on any atom is -0.478 e. The summed E-state index contributed by atoms with van der Waals surface area (Å²) in [6.07, 6.45) is 1.65. The van der Waals surface area contributed by atoms with Crippen LogP contribution in [-0.2, 0) is 9.59 Å². The monoisotopic (exact) mass is 430 g/mol. The molecule has 2 aromatic carbocycles. The lowest BCUT2D eigenvalue weighted by atomic mass is 10.2. The highest BCUT2D eigenvalue weighted by Gasteiger charge is 2.32. The Morgan fingerprint density at radius 2 is 1.79 bits per heavy atom. The second-order valence-corrected chi connectivity index (χ2v) is 7.74. The molecule has 0 radical (unpaired) electrons. The van der Waals surface area contributed by atoms with E-state index in [1.807, 2.05) is 0 Å². The predicted octanol–water partition coefficient (Wildman–Crippen LogP) is 3.75. The van der Waals surface area contributed by atoms with Crippen molar-refractivity contribution < 1.29 is 23.9 Å². The van der Waals surface area contributed by atoms with Gasteiger partial charge in [0.15, 0.2) is 0 Å². The number of hydrogen-bond donors (Lipinski definition) is 2. The third-order valence-corrected chi connectivity index (χ3v) is 5.40. The van der Waals surface area contributed by atoms with Gasteiger partial charge in [0, 0.05) is 18.7 Å². The molecule has 0 aromatic heterocycles. The van der Waals surface area contributed by atoms with Crippen LogP contribution in [0.15, 0.2) is 53.4 Å². The average Bonchev–Trinajstić information content (AvgIpc) is 2.95. The van der Waals surface area contributed by atoms with Crippen molar-refractivity contribution in [1.29, 1.82) is 0 Å². The molecule has 29 heavy (non-hydrogen) atoms. The molecule has 2 aromatic rings. The van der Waals surface area contributed by atoms with Crippen molar-refractivity contribution >= 4 is 57.8 Å². The molecule has 2 N–H and O–H groups in total. The molecule has 0 spiro atoms. The number of aromatic carboxylic acids is 1. The van der Waals surface area contributed by atoms with Gasteiger partial charge in [-0.25, -0.2) is 9.18 Å². The van der Waals surface area contributed by atoms with E-state index in [1.54, 1.807) is 18.2 Å². The summed E-state index contributed by atoms with van der Waals surface area (Å²) in [6, 6.07) is 11.5. The number of carbonyl (C=O) groups is 3. The van der Waals surface area contributed by atoms with Crippen molar-refractivity contribution in [3.8, 4) is 0 Å². The number of carboxylic acid groups (broad SMARTS) is 1. The molecule has 1 heterocycles. The maximum atomic E-state index is 13.0. The summed E-state index contributed by atoms with van der Waals surface area (Å²) in [7, 11) is 0. The largest absolute Gasteiger partial charge is 0.478 e. The smallest absolute Gasteiger partial charge is 0.335 e. The summed E-state index contributed by atoms with van der Waals surface area (Å²) in [5.41, 5.74) is 1.25. The van der Waals surface area contributed by atoms with Crippen molar-refractivity contribution in [2.45, 2.75) is 6.42 Å². The van der Waals surface area contributed by atoms with Crippen LogP contribution in [0.4, 0.5) is 10.1 Å². The highest BCUT2D eigenvalue weighted by atomic mass is 32.2. The van der Waals surface area contributed by atoms with Gasteiger partial charge in [-0.1, -0.05) is 36.1 Å². The molecule has 0 aliphatic carbocycles. The summed E-state index contributed by atoms with van der Waals surface area (Å²) >= 11 is 6.36. The quantitative estimate of drug-likeness (QED) is 0.536. The Kier molecular flexibility index (Phi) is 6.40. The molecular formula is C20H15FN2O4S2. The van der Waals surface area contributed by atoms with Gasteiger partial charge in [0.1, 0.15) is 10.1 Å². The molecular weight excluding hydrogens is 415 g/mol. The minimum atomic E-state index is -1.05. The van der Waals surface area contributed by atoms with E-state index < -0.39 is 5.97 Å². The van der Waals surface area contributed by atoms with E-state index in [1.165, 1.54) is 41.3 Å². The maximum absolute atomic E-state index is 13.0. The lowest BCUT2D eigenvalue weighted by Gasteiger charge is -2.14. The van der Waals surface area contributed by atoms with Crippen LogP contribution in [0.5, 0.6) is 0 Å². The molecule has 0 atom stereocenters. The Bertz CT molecular complexity index is 1000. The number of thioether (sulfide) groups is 1. The van der Waals surface area contributed by atoms with Gasteiger partial charge in [0.25, 0.3) is 5.91 Å². The van der Waals surface area contributed by atoms with E-state index in [4.69, 9.17) is 17.3 Å². The van der Waals surface area contributed by atoms with Crippen LogP contribution < -0.4 is 5.32 Å². The Morgan fingerprint density at radius 3 is 2.41 bits per heavy atom. The number of benzene rings is 2. The minimum absolute atomic E-state index is 0.0248. The Labute approximate surface area is 175 Å². The zero-order valence-electron chi connectivity index (χ0n) is 14.9. The number of carbonyl (C=O) groups excluding carboxylic acids is 2. The van der Waals surface area contributed by atoms with Crippen LogP contribution >= 0.6 is 24.0 Å². The molecule has 3 rings (SSSR count). The maximum Gasteiger partial charge on any atom is 0.335 e. The SMILES string of the molecule is O=C(CCN1C(=O)/C(=C/c2ccc(F)cc2)SC1=S)Nc1ccc(C(=O)O)cc1. The third-order valence-electron chi connectivity index (χ3n) is 4.02. The number of thiocarbonyl (C=S) groups is 1. The van der Waals surface area contributed by atoms with Gasteiger partial charge in [0.05, 0.1) is 10.5 Å². The molecule has 0 saturated carbocycles. The average molecular weight is 430 g/mol. The number of nitrogens with one attached hydrogen (secondary N) is 1. The summed E-state index contributed by atoms with van der Waals surface area (Å²) in [5, 5.41) is 11.5. The van der Waals surface area contributed by atoms with E-state index in [2.05, 4.69) is 5.32 Å². The number of carboxylic acids is 1. The molecule has 0 bridgehead atoms. The van der Waals surface area contributed by atoms with Gasteiger partial charge in [-0.15, -0.1) is 0 Å². The molecule has 0 unspecified atom stereocenters. The number of hydrogen-bond acceptors (Lipinski definition) is 5. The Balaban J connectivity index is 1.57. The van der Waals surface area contributed by atoms with Gasteiger partial charge in [-0.05, 0) is 48.0 Å². The summed E-state index contributed by atoms with van der Waals surface area (Å²) in [6.45, 7) is 0.116. The summed E-state index contributed by atoms with van der Waals surface area (Å²) in [5.74, 6) is -2.04. The van der Waals surface area contributed by atoms with Crippen LogP contribution in [0.3, 0.4) is 0 Å². The number of rotatable bonds is 6. The number of anilines is 1. The van der Waals surface area contributed by atoms with Gasteiger partial charge < -0.3 is 10.4 Å². The lowest BCUT2D eigenvalue weighted by Crippen LogP contribution is -2.31. The van der Waals surface area contributed by atoms with Crippen LogP contribution in [0.25, 0.3) is 6.08 Å². The van der Waals surface area contributed by atoms with Gasteiger partial charge in [0.2, 0.25) is 5.91 Å². The molecule has 2 amide bonds. The third kappa shape index (κ3) is 5.27. The zero-order valence-corrected chi connectivity index (χ0v) is 16.6. The first kappa shape index (κ1) is 20.7. The lowest BCUT2D eigenvalue weighted by molar-refractivity contribution is -0.122. The van der Waals surface area contributed by atoms with Crippen molar-refractivity contribution in [2.24, 2.45) is 0 Å². The normalized spacial score (nSPS) is 15.1. The summed E-state index contributed by atoms with van der Waals surface area (Å²) in [4.78, 5) is 37.3. The fraction of sp³-hybridized carbons (Fsp3) is 0.100. The first-order valence-corrected chi connectivity index (χ1v) is 9.70. The van der Waals surface area contributed by atoms with E-state index >= 15 is 0 Å². The molecule has 1 aliphatic rings. The molecule has 6 nitrogen and oxygen atoms in total. The standard InChI is InChI=1S/C20H15FN2O4S2/c21-14-5-1-12(2-6-14)11-16-18(25)23(20(28)29-16)10-9-17(24)22-15-7-3-13(4-8-15)19(26)27/h1-8,11H,9-10H2,(H,22,24)(H,26,27)/b16-11-. The highest BCUT2D eigenvalue weighted by Crippen LogP contribution is 2.32. The second kappa shape index (κ2) is 8.97. The van der Waals surface area contributed by atoms with Crippen molar-refractivity contribution in [2.75, 3.05) is 11.9 Å². The Hall–Kier alpha value is -3.04. The zero-order chi connectivity index (χ0) is 21.0. The van der Waals surface area contributed by atoms with E-state index in [0.717, 1.165) is 11.8 Å². The van der Waals surface area contributed by atoms with Crippen LogP contribution in [-0.4, -0.2) is 38.7 Å². The van der Waals surface area contributed by atoms with Gasteiger partial charge in [-0.2, -0.15) is 0 Å². The highest BCUT2D eigenvalue weighted by molar-refractivity contribution is 8.26. The topological polar surface area (TPSA) is 86.7 Å². The molecule has 1 aliphatic heterocycles. The summed E-state index contributed by atoms with van der Waals surface area (Å²) < 4.78 is 13.4.